The molecule has 0 saturated heterocycles. The van der Waals surface area contributed by atoms with Crippen molar-refractivity contribution in [3.05, 3.63) is 235 Å². The largest absolute Gasteiger partial charge is 0.264 e. The van der Waals surface area contributed by atoms with Gasteiger partial charge in [0.1, 0.15) is 0 Å². The van der Waals surface area contributed by atoms with Crippen molar-refractivity contribution in [1.29, 1.82) is 0 Å². The monoisotopic (exact) mass is 653 g/mol. The molecular weight excluding hydrogens is 619 g/mol. The molecule has 236 valence electrons. The zero-order valence-corrected chi connectivity index (χ0v) is 28.7. The van der Waals surface area contributed by atoms with Gasteiger partial charge in [0, 0.05) is 12.4 Å². The van der Waals surface area contributed by atoms with Crippen LogP contribution in [0.1, 0.15) is 22.3 Å². The Hall–Kier alpha value is -6.09. The van der Waals surface area contributed by atoms with E-state index in [-0.39, 0.29) is 0 Å². The lowest BCUT2D eigenvalue weighted by molar-refractivity contribution is 0.763. The topological polar surface area (TPSA) is 12.9 Å². The first-order chi connectivity index (χ1) is 24.8. The van der Waals surface area contributed by atoms with Crippen LogP contribution in [0.4, 0.5) is 0 Å². The molecule has 8 aromatic rings. The average Bonchev–Trinajstić information content (AvgIpc) is 3.52. The van der Waals surface area contributed by atoms with Crippen molar-refractivity contribution in [1.82, 2.24) is 4.98 Å². The summed E-state index contributed by atoms with van der Waals surface area (Å²) < 4.78 is 0. The van der Waals surface area contributed by atoms with E-state index in [0.717, 1.165) is 0 Å². The van der Waals surface area contributed by atoms with E-state index in [0.29, 0.717) is 0 Å². The van der Waals surface area contributed by atoms with Crippen LogP contribution in [0.5, 0.6) is 0 Å². The van der Waals surface area contributed by atoms with Crippen LogP contribution < -0.4 is 20.7 Å². The molecule has 1 aliphatic carbocycles. The summed E-state index contributed by atoms with van der Waals surface area (Å²) in [6.07, 6.45) is 3.91. The Labute approximate surface area is 295 Å². The maximum Gasteiger partial charge on any atom is 0.179 e. The standard InChI is InChI=1S/C48H35NSi/c1-5-17-37(18-6-1)48(38-19-16-34-49-35-38)45-28-14-13-26-44(45)47-43(27-15-29-46(47)48)36-30-32-42(33-31-36)50(39-20-7-2-8-21-39,40-22-9-3-10-23-40)41-24-11-4-12-25-41/h1-35H. The minimum absolute atomic E-state index is 0.479. The van der Waals surface area contributed by atoms with Crippen molar-refractivity contribution in [2.24, 2.45) is 0 Å². The molecule has 0 N–H and O–H groups in total. The Morgan fingerprint density at radius 2 is 0.840 bits per heavy atom. The highest BCUT2D eigenvalue weighted by molar-refractivity contribution is 7.19. The zero-order valence-electron chi connectivity index (χ0n) is 27.7. The molecule has 50 heavy (non-hydrogen) atoms. The normalized spacial score (nSPS) is 14.9. The zero-order chi connectivity index (χ0) is 33.4. The fourth-order valence-corrected chi connectivity index (χ4v) is 13.3. The lowest BCUT2D eigenvalue weighted by Crippen LogP contribution is -2.74. The summed E-state index contributed by atoms with van der Waals surface area (Å²) in [5.41, 5.74) is 9.56. The van der Waals surface area contributed by atoms with Crippen molar-refractivity contribution in [3.63, 3.8) is 0 Å². The Kier molecular flexibility index (Phi) is 7.45. The van der Waals surface area contributed by atoms with E-state index in [1.54, 1.807) is 0 Å². The van der Waals surface area contributed by atoms with Gasteiger partial charge in [-0.2, -0.15) is 0 Å². The van der Waals surface area contributed by atoms with Crippen LogP contribution in [0.25, 0.3) is 22.3 Å². The number of pyridine rings is 1. The number of nitrogens with zero attached hydrogens (tertiary/aromatic N) is 1. The van der Waals surface area contributed by atoms with Gasteiger partial charge in [-0.25, -0.2) is 0 Å². The van der Waals surface area contributed by atoms with Crippen LogP contribution in [0.3, 0.4) is 0 Å². The Balaban J connectivity index is 1.28. The molecule has 1 unspecified atom stereocenters. The highest BCUT2D eigenvalue weighted by atomic mass is 28.3. The molecule has 7 aromatic carbocycles. The third kappa shape index (κ3) is 4.49. The average molecular weight is 654 g/mol. The molecule has 1 aromatic heterocycles. The third-order valence-electron chi connectivity index (χ3n) is 10.6. The van der Waals surface area contributed by atoms with Gasteiger partial charge in [0.05, 0.1) is 5.41 Å². The van der Waals surface area contributed by atoms with E-state index in [1.807, 2.05) is 12.4 Å². The fourth-order valence-electron chi connectivity index (χ4n) is 8.59. The second-order valence-corrected chi connectivity index (χ2v) is 16.9. The molecule has 0 bridgehead atoms. The quantitative estimate of drug-likeness (QED) is 0.124. The van der Waals surface area contributed by atoms with Crippen LogP contribution in [0.2, 0.25) is 0 Å². The molecule has 0 fully saturated rings. The van der Waals surface area contributed by atoms with Crippen molar-refractivity contribution in [2.75, 3.05) is 0 Å². The maximum absolute atomic E-state index is 4.64. The molecule has 1 heterocycles. The summed E-state index contributed by atoms with van der Waals surface area (Å²) in [5, 5.41) is 5.50. The molecule has 9 rings (SSSR count). The van der Waals surface area contributed by atoms with Crippen LogP contribution in [-0.2, 0) is 5.41 Å². The Morgan fingerprint density at radius 3 is 1.42 bits per heavy atom. The number of aromatic nitrogens is 1. The van der Waals surface area contributed by atoms with E-state index >= 15 is 0 Å². The summed E-state index contributed by atoms with van der Waals surface area (Å²) in [6.45, 7) is 0. The number of hydrogen-bond donors (Lipinski definition) is 0. The first-order valence-electron chi connectivity index (χ1n) is 17.3. The second kappa shape index (κ2) is 12.4. The molecule has 0 amide bonds. The predicted octanol–water partition coefficient (Wildman–Crippen LogP) is 8.49. The van der Waals surface area contributed by atoms with Crippen LogP contribution in [-0.4, -0.2) is 13.1 Å². The maximum atomic E-state index is 4.64. The van der Waals surface area contributed by atoms with Gasteiger partial charge in [-0.3, -0.25) is 4.98 Å². The molecule has 0 saturated carbocycles. The third-order valence-corrected chi connectivity index (χ3v) is 15.4. The fraction of sp³-hybridized carbons (Fsp3) is 0.0208. The SMILES string of the molecule is c1ccc(C2(c3cccnc3)c3ccccc3-c3c(-c4ccc([Si](c5ccccc5)(c5ccccc5)c5ccccc5)cc4)cccc32)cc1. The van der Waals surface area contributed by atoms with Gasteiger partial charge in [-0.1, -0.05) is 194 Å². The van der Waals surface area contributed by atoms with Crippen molar-refractivity contribution in [2.45, 2.75) is 5.41 Å². The van der Waals surface area contributed by atoms with Gasteiger partial charge in [0.25, 0.3) is 0 Å². The summed E-state index contributed by atoms with van der Waals surface area (Å²) in [6, 6.07) is 74.0. The molecule has 1 aliphatic rings. The van der Waals surface area contributed by atoms with E-state index in [9.17, 15) is 0 Å². The van der Waals surface area contributed by atoms with E-state index in [1.165, 1.54) is 65.3 Å². The summed E-state index contributed by atoms with van der Waals surface area (Å²) >= 11 is 0. The highest BCUT2D eigenvalue weighted by Gasteiger charge is 2.47. The minimum atomic E-state index is -2.62. The number of fused-ring (bicyclic) bond motifs is 3. The molecule has 0 radical (unpaired) electrons. The van der Waals surface area contributed by atoms with Gasteiger partial charge in [0.15, 0.2) is 8.07 Å². The van der Waals surface area contributed by atoms with E-state index in [4.69, 9.17) is 0 Å². The smallest absolute Gasteiger partial charge is 0.179 e. The molecule has 2 heteroatoms. The predicted molar refractivity (Wildman–Crippen MR) is 211 cm³/mol. The van der Waals surface area contributed by atoms with Gasteiger partial charge < -0.3 is 0 Å². The van der Waals surface area contributed by atoms with E-state index < -0.39 is 13.5 Å². The van der Waals surface area contributed by atoms with Crippen LogP contribution in [0.15, 0.2) is 213 Å². The van der Waals surface area contributed by atoms with Crippen LogP contribution >= 0.6 is 0 Å². The number of rotatable bonds is 7. The van der Waals surface area contributed by atoms with Crippen molar-refractivity contribution in [3.8, 4) is 22.3 Å². The minimum Gasteiger partial charge on any atom is -0.264 e. The van der Waals surface area contributed by atoms with Gasteiger partial charge in [0.2, 0.25) is 0 Å². The summed E-state index contributed by atoms with van der Waals surface area (Å²) in [7, 11) is -2.62. The van der Waals surface area contributed by atoms with Gasteiger partial charge in [-0.15, -0.1) is 0 Å². The lowest BCUT2D eigenvalue weighted by atomic mass is 9.68. The van der Waals surface area contributed by atoms with Gasteiger partial charge in [-0.05, 0) is 71.3 Å². The van der Waals surface area contributed by atoms with Gasteiger partial charge >= 0.3 is 0 Å². The van der Waals surface area contributed by atoms with E-state index in [2.05, 4.69) is 205 Å². The summed E-state index contributed by atoms with van der Waals surface area (Å²) in [5.74, 6) is 0. The molecule has 0 aliphatic heterocycles. The number of hydrogen-bond acceptors (Lipinski definition) is 1. The molecule has 1 nitrogen and oxygen atoms in total. The van der Waals surface area contributed by atoms with Crippen LogP contribution in [0, 0.1) is 0 Å². The molecule has 1 atom stereocenters. The lowest BCUT2D eigenvalue weighted by Gasteiger charge is -2.34. The first kappa shape index (κ1) is 30.0. The number of benzene rings is 7. The first-order valence-corrected chi connectivity index (χ1v) is 19.3. The highest BCUT2D eigenvalue weighted by Crippen LogP contribution is 2.58. The Morgan fingerprint density at radius 1 is 0.360 bits per heavy atom. The molecular formula is C48H35NSi. The summed E-state index contributed by atoms with van der Waals surface area (Å²) in [4.78, 5) is 4.64. The Bertz CT molecular complexity index is 2250. The molecule has 0 spiro atoms. The van der Waals surface area contributed by atoms with Crippen molar-refractivity contribution >= 4 is 28.8 Å². The van der Waals surface area contributed by atoms with Crippen molar-refractivity contribution < 1.29 is 0 Å². The second-order valence-electron chi connectivity index (χ2n) is 13.1.